The Morgan fingerprint density at radius 2 is 1.94 bits per heavy atom. The van der Waals surface area contributed by atoms with E-state index in [2.05, 4.69) is 30.0 Å². The summed E-state index contributed by atoms with van der Waals surface area (Å²) in [5, 5.41) is 8.81. The van der Waals surface area contributed by atoms with Crippen molar-refractivity contribution in [2.24, 2.45) is 5.41 Å². The molecule has 0 amide bonds. The third-order valence-corrected chi connectivity index (χ3v) is 4.26. The van der Waals surface area contributed by atoms with Gasteiger partial charge in [-0.2, -0.15) is 5.26 Å². The highest BCUT2D eigenvalue weighted by atomic mass is 15.2. The third-order valence-electron chi connectivity index (χ3n) is 4.26. The molecule has 2 fully saturated rings. The summed E-state index contributed by atoms with van der Waals surface area (Å²) in [6.45, 7) is 3.60. The van der Waals surface area contributed by atoms with Crippen LogP contribution in [0.2, 0.25) is 0 Å². The van der Waals surface area contributed by atoms with E-state index in [1.807, 2.05) is 0 Å². The van der Waals surface area contributed by atoms with Crippen LogP contribution in [-0.2, 0) is 0 Å². The number of nitriles is 1. The van der Waals surface area contributed by atoms with Gasteiger partial charge in [-0.05, 0) is 58.3 Å². The van der Waals surface area contributed by atoms with Gasteiger partial charge >= 0.3 is 0 Å². The van der Waals surface area contributed by atoms with E-state index >= 15 is 0 Å². The lowest BCUT2D eigenvalue weighted by atomic mass is 9.99. The Morgan fingerprint density at radius 3 is 2.38 bits per heavy atom. The van der Waals surface area contributed by atoms with E-state index in [-0.39, 0.29) is 0 Å². The molecule has 90 valence electrons. The summed E-state index contributed by atoms with van der Waals surface area (Å²) >= 11 is 0. The van der Waals surface area contributed by atoms with Gasteiger partial charge in [0.1, 0.15) is 0 Å². The lowest BCUT2D eigenvalue weighted by molar-refractivity contribution is 0.126. The van der Waals surface area contributed by atoms with E-state index in [1.165, 1.54) is 45.3 Å². The molecule has 3 nitrogen and oxygen atoms in total. The minimum Gasteiger partial charge on any atom is -0.306 e. The quantitative estimate of drug-likeness (QED) is 0.724. The van der Waals surface area contributed by atoms with E-state index < -0.39 is 0 Å². The van der Waals surface area contributed by atoms with Gasteiger partial charge in [0, 0.05) is 19.0 Å². The van der Waals surface area contributed by atoms with Crippen LogP contribution in [0, 0.1) is 16.7 Å². The van der Waals surface area contributed by atoms with Crippen LogP contribution in [0.25, 0.3) is 0 Å². The molecule has 0 aromatic rings. The molecule has 0 aromatic carbocycles. The Bertz CT molecular complexity index is 267. The maximum Gasteiger partial charge on any atom is 0.0628 e. The third kappa shape index (κ3) is 2.75. The van der Waals surface area contributed by atoms with Gasteiger partial charge in [0.2, 0.25) is 0 Å². The number of hydrogen-bond donors (Lipinski definition) is 0. The second-order valence-corrected chi connectivity index (χ2v) is 5.81. The summed E-state index contributed by atoms with van der Waals surface area (Å²) in [7, 11) is 4.36. The Morgan fingerprint density at radius 1 is 1.31 bits per heavy atom. The molecule has 3 heteroatoms. The zero-order valence-electron chi connectivity index (χ0n) is 10.6. The van der Waals surface area contributed by atoms with Gasteiger partial charge in [-0.25, -0.2) is 0 Å². The molecule has 0 N–H and O–H groups in total. The average molecular weight is 221 g/mol. The van der Waals surface area contributed by atoms with Crippen LogP contribution < -0.4 is 0 Å². The van der Waals surface area contributed by atoms with Gasteiger partial charge in [-0.1, -0.05) is 0 Å². The van der Waals surface area contributed by atoms with Crippen molar-refractivity contribution in [1.82, 2.24) is 9.80 Å². The van der Waals surface area contributed by atoms with Crippen LogP contribution >= 0.6 is 0 Å². The van der Waals surface area contributed by atoms with Crippen LogP contribution in [-0.4, -0.2) is 49.6 Å². The van der Waals surface area contributed by atoms with Gasteiger partial charge in [-0.15, -0.1) is 0 Å². The molecule has 1 saturated heterocycles. The van der Waals surface area contributed by atoms with Crippen molar-refractivity contribution in [3.8, 4) is 6.07 Å². The van der Waals surface area contributed by atoms with Crippen LogP contribution in [0.4, 0.5) is 0 Å². The van der Waals surface area contributed by atoms with Crippen molar-refractivity contribution in [2.45, 2.75) is 38.1 Å². The molecule has 1 aliphatic carbocycles. The van der Waals surface area contributed by atoms with E-state index in [0.29, 0.717) is 5.41 Å². The maximum atomic E-state index is 8.81. The summed E-state index contributed by atoms with van der Waals surface area (Å²) in [6, 6.07) is 3.12. The fourth-order valence-corrected chi connectivity index (χ4v) is 2.80. The lowest BCUT2D eigenvalue weighted by Gasteiger charge is -2.36. The molecule has 1 saturated carbocycles. The molecular formula is C13H23N3. The summed E-state index contributed by atoms with van der Waals surface area (Å²) in [5.41, 5.74) is 0.389. The number of nitrogens with zero attached hydrogens (tertiary/aromatic N) is 3. The van der Waals surface area contributed by atoms with Gasteiger partial charge < -0.3 is 9.80 Å². The minimum atomic E-state index is 0.389. The predicted molar refractivity (Wildman–Crippen MR) is 65.0 cm³/mol. The van der Waals surface area contributed by atoms with Gasteiger partial charge in [0.15, 0.2) is 0 Å². The number of piperidine rings is 1. The first-order chi connectivity index (χ1) is 7.65. The van der Waals surface area contributed by atoms with Crippen molar-refractivity contribution in [3.63, 3.8) is 0 Å². The molecule has 0 spiro atoms. The summed E-state index contributed by atoms with van der Waals surface area (Å²) < 4.78 is 0. The highest BCUT2D eigenvalue weighted by molar-refractivity contribution is 5.01. The molecule has 2 aliphatic rings. The zero-order chi connectivity index (χ0) is 11.6. The molecule has 2 rings (SSSR count). The highest BCUT2D eigenvalue weighted by Crippen LogP contribution is 2.49. The highest BCUT2D eigenvalue weighted by Gasteiger charge is 2.43. The lowest BCUT2D eigenvalue weighted by Crippen LogP contribution is -2.43. The monoisotopic (exact) mass is 221 g/mol. The number of likely N-dealkylation sites (tertiary alicyclic amines) is 1. The minimum absolute atomic E-state index is 0.389. The first-order valence-corrected chi connectivity index (χ1v) is 6.41. The van der Waals surface area contributed by atoms with Crippen LogP contribution in [0.15, 0.2) is 0 Å². The second kappa shape index (κ2) is 4.73. The predicted octanol–water partition coefficient (Wildman–Crippen LogP) is 1.71. The van der Waals surface area contributed by atoms with E-state index in [1.54, 1.807) is 0 Å². The largest absolute Gasteiger partial charge is 0.306 e. The maximum absolute atomic E-state index is 8.81. The summed E-state index contributed by atoms with van der Waals surface area (Å²) in [5.74, 6) is 0. The SMILES string of the molecule is CN(C)C1CCN(CC2(CC#N)CC2)CC1. The summed E-state index contributed by atoms with van der Waals surface area (Å²) in [4.78, 5) is 4.92. The van der Waals surface area contributed by atoms with Crippen LogP contribution in [0.5, 0.6) is 0 Å². The van der Waals surface area contributed by atoms with E-state index in [0.717, 1.165) is 12.5 Å². The van der Waals surface area contributed by atoms with Crippen LogP contribution in [0.1, 0.15) is 32.1 Å². The molecule has 0 unspecified atom stereocenters. The fourth-order valence-electron chi connectivity index (χ4n) is 2.80. The van der Waals surface area contributed by atoms with Crippen LogP contribution in [0.3, 0.4) is 0 Å². The molecule has 0 bridgehead atoms. The van der Waals surface area contributed by atoms with Crippen molar-refractivity contribution in [1.29, 1.82) is 5.26 Å². The molecular weight excluding hydrogens is 198 g/mol. The Balaban J connectivity index is 1.76. The van der Waals surface area contributed by atoms with E-state index in [4.69, 9.17) is 5.26 Å². The molecule has 1 heterocycles. The first kappa shape index (κ1) is 11.9. The normalized spacial score (nSPS) is 25.6. The summed E-state index contributed by atoms with van der Waals surface area (Å²) in [6.07, 6.45) is 5.88. The molecule has 1 aliphatic heterocycles. The number of hydrogen-bond acceptors (Lipinski definition) is 3. The first-order valence-electron chi connectivity index (χ1n) is 6.41. The van der Waals surface area contributed by atoms with Crippen molar-refractivity contribution < 1.29 is 0 Å². The van der Waals surface area contributed by atoms with Crippen molar-refractivity contribution >= 4 is 0 Å². The fraction of sp³-hybridized carbons (Fsp3) is 0.923. The average Bonchev–Trinajstić information content (AvgIpc) is 2.99. The van der Waals surface area contributed by atoms with Gasteiger partial charge in [-0.3, -0.25) is 0 Å². The topological polar surface area (TPSA) is 30.3 Å². The van der Waals surface area contributed by atoms with Crippen molar-refractivity contribution in [2.75, 3.05) is 33.7 Å². The molecule has 0 atom stereocenters. The van der Waals surface area contributed by atoms with Crippen molar-refractivity contribution in [3.05, 3.63) is 0 Å². The molecule has 0 aromatic heterocycles. The standard InChI is InChI=1S/C13H23N3/c1-15(2)12-3-9-16(10-4-12)11-13(5-6-13)7-8-14/h12H,3-7,9-11H2,1-2H3. The molecule has 0 radical (unpaired) electrons. The van der Waals surface area contributed by atoms with Gasteiger partial charge in [0.25, 0.3) is 0 Å². The van der Waals surface area contributed by atoms with E-state index in [9.17, 15) is 0 Å². The smallest absolute Gasteiger partial charge is 0.0628 e. The van der Waals surface area contributed by atoms with Gasteiger partial charge in [0.05, 0.1) is 6.07 Å². The Hall–Kier alpha value is -0.590. The zero-order valence-corrected chi connectivity index (χ0v) is 10.6. The Kier molecular flexibility index (Phi) is 3.51. The second-order valence-electron chi connectivity index (χ2n) is 5.81. The Labute approximate surface area is 99.0 Å². The number of rotatable bonds is 4. The molecule has 16 heavy (non-hydrogen) atoms.